The third-order valence-corrected chi connectivity index (χ3v) is 4.40. The predicted molar refractivity (Wildman–Crippen MR) is 97.8 cm³/mol. The molecule has 1 aliphatic heterocycles. The molecule has 3 N–H and O–H groups in total. The molecule has 9 heteroatoms. The molecule has 0 spiro atoms. The molecule has 2 bridgehead atoms. The van der Waals surface area contributed by atoms with E-state index < -0.39 is 42.3 Å². The number of rotatable bonds is 4. The molecule has 0 saturated heterocycles. The van der Waals surface area contributed by atoms with Gasteiger partial charge in [-0.15, -0.1) is 0 Å². The van der Waals surface area contributed by atoms with E-state index in [4.69, 9.17) is 0 Å². The second kappa shape index (κ2) is 8.32. The van der Waals surface area contributed by atoms with Crippen LogP contribution < -0.4 is 15.5 Å². The maximum Gasteiger partial charge on any atom is 0.415 e. The van der Waals surface area contributed by atoms with Crippen LogP contribution in [0.15, 0.2) is 36.4 Å². The molecule has 148 valence electrons. The van der Waals surface area contributed by atoms with Crippen LogP contribution >= 0.6 is 0 Å². The zero-order valence-corrected chi connectivity index (χ0v) is 15.0. The van der Waals surface area contributed by atoms with Gasteiger partial charge in [-0.3, -0.25) is 10.2 Å². The molecule has 1 heterocycles. The highest BCUT2D eigenvalue weighted by Crippen LogP contribution is 2.37. The summed E-state index contributed by atoms with van der Waals surface area (Å²) < 4.78 is 34.2. The van der Waals surface area contributed by atoms with E-state index in [0.717, 1.165) is 4.90 Å². The number of halogens is 2. The number of alkyl carbamates (subject to hydrolysis) is 1. The van der Waals surface area contributed by atoms with Crippen molar-refractivity contribution in [2.24, 2.45) is 0 Å². The fourth-order valence-electron chi connectivity index (χ4n) is 2.98. The third-order valence-electron chi connectivity index (χ3n) is 4.40. The van der Waals surface area contributed by atoms with E-state index in [0.29, 0.717) is 16.7 Å². The number of ether oxygens (including phenoxy) is 1. The number of aliphatic hydroxyl groups excluding tert-OH is 1. The van der Waals surface area contributed by atoms with Crippen LogP contribution in [0.5, 0.6) is 0 Å². The summed E-state index contributed by atoms with van der Waals surface area (Å²) in [6, 6.07) is 9.01. The average Bonchev–Trinajstić information content (AvgIpc) is 2.69. The fraction of sp³-hybridized carbons (Fsp3) is 0.263. The predicted octanol–water partition coefficient (Wildman–Crippen LogP) is 2.38. The first-order valence-electron chi connectivity index (χ1n) is 8.59. The highest BCUT2D eigenvalue weighted by Gasteiger charge is 2.32. The van der Waals surface area contributed by atoms with Crippen molar-refractivity contribution in [2.75, 3.05) is 25.1 Å². The Bertz CT molecular complexity index is 892. The number of carbonyl (C=O) groups excluding carboxylic acids is 2. The van der Waals surface area contributed by atoms with E-state index in [1.54, 1.807) is 30.3 Å². The van der Waals surface area contributed by atoms with Crippen LogP contribution in [0.4, 0.5) is 24.1 Å². The first-order valence-corrected chi connectivity index (χ1v) is 8.59. The number of fused-ring (bicyclic) bond motifs is 2. The molecule has 0 radical (unpaired) electrons. The van der Waals surface area contributed by atoms with Gasteiger partial charge in [0, 0.05) is 6.54 Å². The first kappa shape index (κ1) is 19.7. The Morgan fingerprint density at radius 3 is 2.68 bits per heavy atom. The van der Waals surface area contributed by atoms with E-state index >= 15 is 0 Å². The molecule has 28 heavy (non-hydrogen) atoms. The van der Waals surface area contributed by atoms with Gasteiger partial charge in [-0.1, -0.05) is 30.3 Å². The van der Waals surface area contributed by atoms with Crippen molar-refractivity contribution in [3.05, 3.63) is 53.6 Å². The van der Waals surface area contributed by atoms with Crippen LogP contribution in [-0.2, 0) is 11.2 Å². The molecule has 0 saturated carbocycles. The minimum atomic E-state index is -1.13. The Balaban J connectivity index is 1.80. The number of nitrogens with one attached hydrogen (secondary N) is 2. The van der Waals surface area contributed by atoms with E-state index in [1.807, 2.05) is 5.32 Å². The molecular weight excluding hydrogens is 372 g/mol. The number of likely N-dealkylation sites (N-methyl/N-ethyl adjacent to an activating group) is 1. The van der Waals surface area contributed by atoms with Gasteiger partial charge in [0.25, 0.3) is 0 Å². The number of carbonyl (C=O) groups is 2. The number of anilines is 1. The van der Waals surface area contributed by atoms with Crippen molar-refractivity contribution in [3.8, 4) is 11.1 Å². The van der Waals surface area contributed by atoms with Crippen molar-refractivity contribution >= 4 is 17.8 Å². The molecule has 2 aromatic carbocycles. The van der Waals surface area contributed by atoms with Gasteiger partial charge in [0.05, 0.1) is 0 Å². The summed E-state index contributed by atoms with van der Waals surface area (Å²) in [4.78, 5) is 24.8. The van der Waals surface area contributed by atoms with Crippen molar-refractivity contribution in [3.63, 3.8) is 0 Å². The number of hydrogen-bond donors (Lipinski definition) is 3. The lowest BCUT2D eigenvalue weighted by atomic mass is 9.93. The number of nitrogens with zero attached hydrogens (tertiary/aromatic N) is 1. The summed E-state index contributed by atoms with van der Waals surface area (Å²) in [7, 11) is 1.45. The van der Waals surface area contributed by atoms with Crippen LogP contribution in [0.2, 0.25) is 0 Å². The lowest BCUT2D eigenvalue weighted by Gasteiger charge is -2.30. The lowest BCUT2D eigenvalue weighted by Crippen LogP contribution is -2.47. The highest BCUT2D eigenvalue weighted by atomic mass is 19.1. The summed E-state index contributed by atoms with van der Waals surface area (Å²) in [5.74, 6) is -1.74. The van der Waals surface area contributed by atoms with Crippen LogP contribution in [0.3, 0.4) is 0 Å². The molecule has 1 aliphatic rings. The maximum atomic E-state index is 14.9. The zero-order chi connectivity index (χ0) is 20.3. The minimum Gasteiger partial charge on any atom is -0.445 e. The van der Waals surface area contributed by atoms with Crippen LogP contribution in [0.1, 0.15) is 5.56 Å². The third kappa shape index (κ3) is 3.95. The molecule has 0 fully saturated rings. The Hall–Kier alpha value is -3.04. The van der Waals surface area contributed by atoms with Gasteiger partial charge in [-0.05, 0) is 36.2 Å². The number of urea groups is 1. The number of benzene rings is 2. The van der Waals surface area contributed by atoms with Crippen LogP contribution in [-0.4, -0.2) is 43.7 Å². The van der Waals surface area contributed by atoms with Gasteiger partial charge in [0.1, 0.15) is 18.5 Å². The van der Waals surface area contributed by atoms with Gasteiger partial charge in [-0.25, -0.2) is 23.7 Å². The smallest absolute Gasteiger partial charge is 0.415 e. The molecule has 1 atom stereocenters. The summed E-state index contributed by atoms with van der Waals surface area (Å²) in [5, 5.41) is 13.6. The molecule has 0 aliphatic carbocycles. The van der Waals surface area contributed by atoms with E-state index in [-0.39, 0.29) is 13.0 Å². The normalized spacial score (nSPS) is 13.8. The Kier molecular flexibility index (Phi) is 5.86. The SMILES string of the molecule is CNC(O)COC(=O)NC(=O)N1CCc2c(-c3ccccc3)cc(F)c1c2F. The summed E-state index contributed by atoms with van der Waals surface area (Å²) in [5.41, 5.74) is 0.902. The summed E-state index contributed by atoms with van der Waals surface area (Å²) >= 11 is 0. The monoisotopic (exact) mass is 391 g/mol. The van der Waals surface area contributed by atoms with Crippen molar-refractivity contribution < 1.29 is 28.2 Å². The van der Waals surface area contributed by atoms with E-state index in [9.17, 15) is 23.5 Å². The Labute approximate surface area is 159 Å². The number of amides is 3. The number of hydrogen-bond acceptors (Lipinski definition) is 5. The Morgan fingerprint density at radius 2 is 2.00 bits per heavy atom. The van der Waals surface area contributed by atoms with E-state index in [1.165, 1.54) is 13.1 Å². The molecular formula is C19H19F2N3O4. The molecule has 7 nitrogen and oxygen atoms in total. The number of imide groups is 1. The molecule has 3 amide bonds. The highest BCUT2D eigenvalue weighted by molar-refractivity contribution is 6.01. The second-order valence-corrected chi connectivity index (χ2v) is 6.15. The lowest BCUT2D eigenvalue weighted by molar-refractivity contribution is 0.0547. The fourth-order valence-corrected chi connectivity index (χ4v) is 2.98. The Morgan fingerprint density at radius 1 is 1.29 bits per heavy atom. The topological polar surface area (TPSA) is 90.9 Å². The van der Waals surface area contributed by atoms with Crippen molar-refractivity contribution in [1.29, 1.82) is 0 Å². The van der Waals surface area contributed by atoms with Crippen LogP contribution in [0, 0.1) is 11.6 Å². The van der Waals surface area contributed by atoms with Gasteiger partial charge in [-0.2, -0.15) is 0 Å². The van der Waals surface area contributed by atoms with Gasteiger partial charge in [0.15, 0.2) is 11.6 Å². The standard InChI is InChI=1S/C19H19F2N3O4/c1-22-15(25)10-28-19(27)23-18(26)24-8-7-12-13(11-5-3-2-4-6-11)9-14(20)17(24)16(12)21/h2-6,9,15,22,25H,7-8,10H2,1H3,(H,23,26,27). The largest absolute Gasteiger partial charge is 0.445 e. The first-order chi connectivity index (χ1) is 13.4. The van der Waals surface area contributed by atoms with Gasteiger partial charge >= 0.3 is 12.1 Å². The molecule has 3 rings (SSSR count). The molecule has 1 unspecified atom stereocenters. The van der Waals surface area contributed by atoms with Crippen molar-refractivity contribution in [1.82, 2.24) is 10.6 Å². The zero-order valence-electron chi connectivity index (χ0n) is 15.0. The molecule has 0 aromatic heterocycles. The van der Waals surface area contributed by atoms with Crippen LogP contribution in [0.25, 0.3) is 11.1 Å². The second-order valence-electron chi connectivity index (χ2n) is 6.15. The van der Waals surface area contributed by atoms with Gasteiger partial charge in [0.2, 0.25) is 0 Å². The van der Waals surface area contributed by atoms with Gasteiger partial charge < -0.3 is 9.84 Å². The average molecular weight is 391 g/mol. The molecule has 2 aromatic rings. The van der Waals surface area contributed by atoms with Crippen molar-refractivity contribution in [2.45, 2.75) is 12.6 Å². The minimum absolute atomic E-state index is 0.00602. The quantitative estimate of drug-likeness (QED) is 0.697. The van der Waals surface area contributed by atoms with E-state index in [2.05, 4.69) is 10.1 Å². The number of aliphatic hydroxyl groups is 1. The maximum absolute atomic E-state index is 14.9. The summed E-state index contributed by atoms with van der Waals surface area (Å²) in [6.07, 6.45) is -2.07. The summed E-state index contributed by atoms with van der Waals surface area (Å²) in [6.45, 7) is -0.401.